The minimum Gasteiger partial charge on any atom is -0.497 e. The molecule has 4 nitrogen and oxygen atoms in total. The maximum atomic E-state index is 12.6. The highest BCUT2D eigenvalue weighted by Gasteiger charge is 2.23. The molecule has 1 aliphatic rings. The van der Waals surface area contributed by atoms with Gasteiger partial charge in [0.1, 0.15) is 5.75 Å². The average Bonchev–Trinajstić information content (AvgIpc) is 2.70. The number of hydrogen-bond donors (Lipinski definition) is 1. The number of likely N-dealkylation sites (tertiary alicyclic amines) is 1. The Labute approximate surface area is 156 Å². The van der Waals surface area contributed by atoms with Crippen LogP contribution in [0.15, 0.2) is 48.5 Å². The summed E-state index contributed by atoms with van der Waals surface area (Å²) in [6.45, 7) is 4.89. The smallest absolute Gasteiger partial charge is 0.251 e. The Kier molecular flexibility index (Phi) is 6.29. The maximum Gasteiger partial charge on any atom is 0.251 e. The lowest BCUT2D eigenvalue weighted by molar-refractivity contribution is 0.0924. The Morgan fingerprint density at radius 1 is 1.12 bits per heavy atom. The molecule has 1 N–H and O–H groups in total. The molecule has 26 heavy (non-hydrogen) atoms. The van der Waals surface area contributed by atoms with Gasteiger partial charge in [-0.25, -0.2) is 0 Å². The third kappa shape index (κ3) is 4.64. The van der Waals surface area contributed by atoms with E-state index < -0.39 is 0 Å². The van der Waals surface area contributed by atoms with Gasteiger partial charge in [-0.3, -0.25) is 9.69 Å². The van der Waals surface area contributed by atoms with E-state index in [2.05, 4.69) is 41.4 Å². The predicted molar refractivity (Wildman–Crippen MR) is 105 cm³/mol. The lowest BCUT2D eigenvalue weighted by Crippen LogP contribution is -2.40. The SMILES string of the molecule is COc1cccc(C(=O)NC[C@H](c2ccc(C)cc2)N2CCCCC2)c1. The van der Waals surface area contributed by atoms with E-state index in [-0.39, 0.29) is 11.9 Å². The van der Waals surface area contributed by atoms with Crippen molar-refractivity contribution in [2.24, 2.45) is 0 Å². The fourth-order valence-corrected chi connectivity index (χ4v) is 3.53. The molecule has 0 spiro atoms. The van der Waals surface area contributed by atoms with Crippen LogP contribution in [0.5, 0.6) is 5.75 Å². The van der Waals surface area contributed by atoms with Crippen molar-refractivity contribution in [3.05, 3.63) is 65.2 Å². The van der Waals surface area contributed by atoms with Gasteiger partial charge in [0.25, 0.3) is 5.91 Å². The summed E-state index contributed by atoms with van der Waals surface area (Å²) in [6, 6.07) is 16.2. The van der Waals surface area contributed by atoms with Crippen molar-refractivity contribution in [1.29, 1.82) is 0 Å². The van der Waals surface area contributed by atoms with E-state index in [1.54, 1.807) is 13.2 Å². The third-order valence-electron chi connectivity index (χ3n) is 5.08. The summed E-state index contributed by atoms with van der Waals surface area (Å²) in [5, 5.41) is 3.12. The van der Waals surface area contributed by atoms with Gasteiger partial charge in [-0.1, -0.05) is 42.3 Å². The summed E-state index contributed by atoms with van der Waals surface area (Å²) in [7, 11) is 1.61. The average molecular weight is 352 g/mol. The van der Waals surface area contributed by atoms with E-state index in [4.69, 9.17) is 4.74 Å². The van der Waals surface area contributed by atoms with E-state index >= 15 is 0 Å². The molecular formula is C22H28N2O2. The first-order valence-electron chi connectivity index (χ1n) is 9.40. The van der Waals surface area contributed by atoms with Crippen LogP contribution in [0.3, 0.4) is 0 Å². The van der Waals surface area contributed by atoms with E-state index in [9.17, 15) is 4.79 Å². The molecule has 0 saturated carbocycles. The number of aryl methyl sites for hydroxylation is 1. The fraction of sp³-hybridized carbons (Fsp3) is 0.409. The predicted octanol–water partition coefficient (Wildman–Crippen LogP) is 3.96. The summed E-state index contributed by atoms with van der Waals surface area (Å²) in [5.74, 6) is 0.641. The van der Waals surface area contributed by atoms with E-state index in [1.165, 1.54) is 30.4 Å². The molecule has 138 valence electrons. The highest BCUT2D eigenvalue weighted by atomic mass is 16.5. The number of ether oxygens (including phenoxy) is 1. The van der Waals surface area contributed by atoms with Crippen molar-refractivity contribution >= 4 is 5.91 Å². The summed E-state index contributed by atoms with van der Waals surface area (Å²) in [5.41, 5.74) is 3.15. The van der Waals surface area contributed by atoms with Gasteiger partial charge in [0.05, 0.1) is 13.2 Å². The fourth-order valence-electron chi connectivity index (χ4n) is 3.53. The molecule has 0 aromatic heterocycles. The minimum atomic E-state index is -0.0574. The molecule has 3 rings (SSSR count). The van der Waals surface area contributed by atoms with Crippen LogP contribution in [-0.2, 0) is 0 Å². The number of nitrogens with one attached hydrogen (secondary N) is 1. The Morgan fingerprint density at radius 2 is 1.85 bits per heavy atom. The van der Waals surface area contributed by atoms with E-state index in [1.807, 2.05) is 18.2 Å². The monoisotopic (exact) mass is 352 g/mol. The molecule has 0 radical (unpaired) electrons. The van der Waals surface area contributed by atoms with Crippen molar-refractivity contribution < 1.29 is 9.53 Å². The Hall–Kier alpha value is -2.33. The molecule has 1 aliphatic heterocycles. The topological polar surface area (TPSA) is 41.6 Å². The first-order valence-corrected chi connectivity index (χ1v) is 9.40. The number of methoxy groups -OCH3 is 1. The zero-order valence-electron chi connectivity index (χ0n) is 15.7. The normalized spacial score (nSPS) is 16.1. The molecular weight excluding hydrogens is 324 g/mol. The molecule has 1 heterocycles. The number of rotatable bonds is 6. The molecule has 4 heteroatoms. The van der Waals surface area contributed by atoms with Crippen molar-refractivity contribution in [2.75, 3.05) is 26.7 Å². The van der Waals surface area contributed by atoms with Crippen LogP contribution in [0.25, 0.3) is 0 Å². The van der Waals surface area contributed by atoms with Crippen LogP contribution < -0.4 is 10.1 Å². The van der Waals surface area contributed by atoms with Gasteiger partial charge in [-0.15, -0.1) is 0 Å². The second kappa shape index (κ2) is 8.86. The van der Waals surface area contributed by atoms with Crippen molar-refractivity contribution in [1.82, 2.24) is 10.2 Å². The van der Waals surface area contributed by atoms with Gasteiger partial charge in [0.2, 0.25) is 0 Å². The standard InChI is InChI=1S/C22H28N2O2/c1-17-9-11-18(12-10-17)21(24-13-4-3-5-14-24)16-23-22(25)19-7-6-8-20(15-19)26-2/h6-12,15,21H,3-5,13-14,16H2,1-2H3,(H,23,25)/t21-/m1/s1. The number of hydrogen-bond acceptors (Lipinski definition) is 3. The second-order valence-electron chi connectivity index (χ2n) is 6.97. The number of nitrogens with zero attached hydrogens (tertiary/aromatic N) is 1. The van der Waals surface area contributed by atoms with Gasteiger partial charge in [-0.05, 0) is 56.6 Å². The van der Waals surface area contributed by atoms with Crippen LogP contribution in [0.2, 0.25) is 0 Å². The number of benzene rings is 2. The first kappa shape index (κ1) is 18.5. The molecule has 1 atom stereocenters. The Balaban J connectivity index is 1.72. The van der Waals surface area contributed by atoms with Gasteiger partial charge in [-0.2, -0.15) is 0 Å². The van der Waals surface area contributed by atoms with E-state index in [0.717, 1.165) is 13.1 Å². The van der Waals surface area contributed by atoms with E-state index in [0.29, 0.717) is 17.9 Å². The van der Waals surface area contributed by atoms with Crippen molar-refractivity contribution in [2.45, 2.75) is 32.2 Å². The van der Waals surface area contributed by atoms with Gasteiger partial charge in [0, 0.05) is 12.1 Å². The van der Waals surface area contributed by atoms with Crippen LogP contribution in [0.4, 0.5) is 0 Å². The summed E-state index contributed by atoms with van der Waals surface area (Å²) in [4.78, 5) is 15.1. The van der Waals surface area contributed by atoms with Gasteiger partial charge >= 0.3 is 0 Å². The molecule has 1 fully saturated rings. The van der Waals surface area contributed by atoms with Crippen LogP contribution >= 0.6 is 0 Å². The Morgan fingerprint density at radius 3 is 2.54 bits per heavy atom. The number of amides is 1. The van der Waals surface area contributed by atoms with Crippen LogP contribution in [-0.4, -0.2) is 37.6 Å². The molecule has 1 saturated heterocycles. The van der Waals surface area contributed by atoms with Gasteiger partial charge < -0.3 is 10.1 Å². The molecule has 0 bridgehead atoms. The first-order chi connectivity index (χ1) is 12.7. The Bertz CT molecular complexity index is 721. The highest BCUT2D eigenvalue weighted by molar-refractivity contribution is 5.94. The summed E-state index contributed by atoms with van der Waals surface area (Å²) < 4.78 is 5.22. The largest absolute Gasteiger partial charge is 0.497 e. The maximum absolute atomic E-state index is 12.6. The van der Waals surface area contributed by atoms with Crippen LogP contribution in [0.1, 0.15) is 46.8 Å². The summed E-state index contributed by atoms with van der Waals surface area (Å²) >= 11 is 0. The summed E-state index contributed by atoms with van der Waals surface area (Å²) in [6.07, 6.45) is 3.76. The van der Waals surface area contributed by atoms with Gasteiger partial charge in [0.15, 0.2) is 0 Å². The number of carbonyl (C=O) groups is 1. The van der Waals surface area contributed by atoms with Crippen LogP contribution in [0, 0.1) is 6.92 Å². The lowest BCUT2D eigenvalue weighted by atomic mass is 10.0. The molecule has 1 amide bonds. The third-order valence-corrected chi connectivity index (χ3v) is 5.08. The van der Waals surface area contributed by atoms with Crippen molar-refractivity contribution in [3.8, 4) is 5.75 Å². The number of piperidine rings is 1. The number of carbonyl (C=O) groups excluding carboxylic acids is 1. The zero-order chi connectivity index (χ0) is 18.4. The molecule has 2 aromatic rings. The molecule has 0 unspecified atom stereocenters. The molecule has 2 aromatic carbocycles. The minimum absolute atomic E-state index is 0.0574. The second-order valence-corrected chi connectivity index (χ2v) is 6.97. The molecule has 0 aliphatic carbocycles. The quantitative estimate of drug-likeness (QED) is 0.855. The van der Waals surface area contributed by atoms with Crippen molar-refractivity contribution in [3.63, 3.8) is 0 Å². The highest BCUT2D eigenvalue weighted by Crippen LogP contribution is 2.24. The zero-order valence-corrected chi connectivity index (χ0v) is 15.7. The lowest BCUT2D eigenvalue weighted by Gasteiger charge is -2.35.